The molecule has 39 heavy (non-hydrogen) atoms. The van der Waals surface area contributed by atoms with E-state index in [-0.39, 0.29) is 41.0 Å². The summed E-state index contributed by atoms with van der Waals surface area (Å²) in [6, 6.07) is 4.70. The molecule has 2 atom stereocenters. The van der Waals surface area contributed by atoms with Crippen LogP contribution in [0.25, 0.3) is 11.0 Å². The van der Waals surface area contributed by atoms with E-state index >= 15 is 0 Å². The molecule has 210 valence electrons. The first-order chi connectivity index (χ1) is 18.7. The van der Waals surface area contributed by atoms with Crippen LogP contribution >= 0.6 is 0 Å². The standard InChI is InChI=1S/C25H28F3N5O5S/c1-25(35)10-2-3-20(25)33-21-15(13-19(22(33)34)38-23(27)28)14-29-24(31-21)30-17-8-11-32(12-9-17)39(36,37)18-6-4-16(26)5-7-18/h4-7,13-14,17,20,23,35H,2-3,8-12H2,1H3,(H,29,30,31)/t20-,25-/m1/s1/i23D. The van der Waals surface area contributed by atoms with E-state index in [1.54, 1.807) is 6.92 Å². The van der Waals surface area contributed by atoms with Crippen molar-refractivity contribution in [2.45, 2.75) is 68.2 Å². The number of benzene rings is 1. The van der Waals surface area contributed by atoms with Crippen LogP contribution in [0.15, 0.2) is 46.2 Å². The van der Waals surface area contributed by atoms with Crippen LogP contribution in [-0.2, 0) is 10.0 Å². The van der Waals surface area contributed by atoms with E-state index < -0.39 is 45.4 Å². The first-order valence-corrected chi connectivity index (χ1v) is 13.9. The van der Waals surface area contributed by atoms with Gasteiger partial charge in [-0.15, -0.1) is 0 Å². The van der Waals surface area contributed by atoms with Gasteiger partial charge in [-0.25, -0.2) is 17.8 Å². The average molecular weight is 569 g/mol. The number of anilines is 1. The predicted molar refractivity (Wildman–Crippen MR) is 136 cm³/mol. The lowest BCUT2D eigenvalue weighted by atomic mass is 10.00. The Balaban J connectivity index is 1.40. The fraction of sp³-hybridized carbons (Fsp3) is 0.480. The molecule has 10 nitrogen and oxygen atoms in total. The van der Waals surface area contributed by atoms with E-state index in [2.05, 4.69) is 20.0 Å². The van der Waals surface area contributed by atoms with E-state index in [1.165, 1.54) is 22.6 Å². The molecule has 1 saturated heterocycles. The number of fused-ring (bicyclic) bond motifs is 1. The first kappa shape index (κ1) is 26.0. The minimum atomic E-state index is -4.34. The highest BCUT2D eigenvalue weighted by atomic mass is 32.2. The van der Waals surface area contributed by atoms with Gasteiger partial charge in [-0.1, -0.05) is 0 Å². The second kappa shape index (κ2) is 10.4. The summed E-state index contributed by atoms with van der Waals surface area (Å²) in [5.74, 6) is -1.15. The quantitative estimate of drug-likeness (QED) is 0.445. The molecule has 2 aliphatic rings. The van der Waals surface area contributed by atoms with Crippen molar-refractivity contribution in [1.82, 2.24) is 18.8 Å². The van der Waals surface area contributed by atoms with Crippen LogP contribution in [0, 0.1) is 5.82 Å². The molecule has 0 radical (unpaired) electrons. The lowest BCUT2D eigenvalue weighted by Gasteiger charge is -2.32. The Morgan fingerprint density at radius 1 is 1.23 bits per heavy atom. The van der Waals surface area contributed by atoms with E-state index in [0.717, 1.165) is 22.8 Å². The number of sulfonamides is 1. The van der Waals surface area contributed by atoms with E-state index in [4.69, 9.17) is 1.37 Å². The van der Waals surface area contributed by atoms with Crippen LogP contribution in [0.4, 0.5) is 19.1 Å². The summed E-state index contributed by atoms with van der Waals surface area (Å²) in [5, 5.41) is 14.3. The van der Waals surface area contributed by atoms with Crippen LogP contribution in [-0.4, -0.2) is 63.7 Å². The SMILES string of the molecule is [2H]C(F)(F)Oc1cc2cnc(NC3CCN(S(=O)(=O)c4ccc(F)cc4)CC3)nc2n([C@@H]2CCC[C@@]2(C)O)c1=O. The van der Waals surface area contributed by atoms with Crippen LogP contribution in [0.2, 0.25) is 0 Å². The zero-order chi connectivity index (χ0) is 28.9. The number of hydrogen-bond donors (Lipinski definition) is 2. The molecule has 5 rings (SSSR count). The molecular formula is C25H28F3N5O5S. The Hall–Kier alpha value is -3.23. The fourth-order valence-corrected chi connectivity index (χ4v) is 6.80. The summed E-state index contributed by atoms with van der Waals surface area (Å²) in [6.45, 7) is -2.39. The van der Waals surface area contributed by atoms with Crippen molar-refractivity contribution in [2.75, 3.05) is 18.4 Å². The Morgan fingerprint density at radius 2 is 1.92 bits per heavy atom. The third-order valence-corrected chi connectivity index (χ3v) is 9.27. The summed E-state index contributed by atoms with van der Waals surface area (Å²) in [4.78, 5) is 22.0. The van der Waals surface area contributed by atoms with Crippen molar-refractivity contribution in [3.05, 3.63) is 52.7 Å². The molecule has 0 unspecified atom stereocenters. The van der Waals surface area contributed by atoms with Gasteiger partial charge >= 0.3 is 6.59 Å². The smallest absolute Gasteiger partial charge is 0.387 e. The van der Waals surface area contributed by atoms with Crippen molar-refractivity contribution in [3.63, 3.8) is 0 Å². The largest absolute Gasteiger partial charge is 0.429 e. The Labute approximate surface area is 223 Å². The first-order valence-electron chi connectivity index (χ1n) is 13.0. The number of hydrogen-bond acceptors (Lipinski definition) is 8. The summed E-state index contributed by atoms with van der Waals surface area (Å²) in [7, 11) is -3.78. The molecule has 2 aromatic heterocycles. The highest BCUT2D eigenvalue weighted by Crippen LogP contribution is 2.40. The Bertz CT molecular complexity index is 1570. The third-order valence-electron chi connectivity index (χ3n) is 7.36. The van der Waals surface area contributed by atoms with Gasteiger partial charge in [0.05, 0.1) is 16.5 Å². The van der Waals surface area contributed by atoms with Gasteiger partial charge in [0.15, 0.2) is 7.12 Å². The van der Waals surface area contributed by atoms with E-state index in [0.29, 0.717) is 32.1 Å². The lowest BCUT2D eigenvalue weighted by Crippen LogP contribution is -2.42. The summed E-state index contributed by atoms with van der Waals surface area (Å²) in [6.07, 6.45) is 3.54. The number of rotatable bonds is 7. The Morgan fingerprint density at radius 3 is 2.54 bits per heavy atom. The number of ether oxygens (including phenoxy) is 1. The van der Waals surface area contributed by atoms with E-state index in [9.17, 15) is 31.5 Å². The van der Waals surface area contributed by atoms with Crippen molar-refractivity contribution in [2.24, 2.45) is 0 Å². The summed E-state index contributed by atoms with van der Waals surface area (Å²) < 4.78 is 79.3. The average Bonchev–Trinajstić information content (AvgIpc) is 3.23. The fourth-order valence-electron chi connectivity index (χ4n) is 5.33. The van der Waals surface area contributed by atoms with Crippen LogP contribution in [0.1, 0.15) is 46.4 Å². The predicted octanol–water partition coefficient (Wildman–Crippen LogP) is 3.27. The number of aliphatic hydroxyl groups is 1. The molecule has 3 aromatic rings. The Kier molecular flexibility index (Phi) is 6.93. The van der Waals surface area contributed by atoms with E-state index in [1.807, 2.05) is 0 Å². The lowest BCUT2D eigenvalue weighted by molar-refractivity contribution is -0.0513. The normalized spacial score (nSPS) is 23.6. The molecule has 1 aliphatic heterocycles. The highest BCUT2D eigenvalue weighted by Gasteiger charge is 2.40. The molecule has 3 heterocycles. The molecule has 0 bridgehead atoms. The monoisotopic (exact) mass is 568 g/mol. The maximum Gasteiger partial charge on any atom is 0.387 e. The number of nitrogens with zero attached hydrogens (tertiary/aromatic N) is 4. The topological polar surface area (TPSA) is 127 Å². The maximum absolute atomic E-state index is 13.3. The minimum Gasteiger partial charge on any atom is -0.429 e. The number of halogens is 3. The number of aromatic nitrogens is 3. The van der Waals surface area contributed by atoms with Crippen LogP contribution in [0.3, 0.4) is 0 Å². The number of pyridine rings is 1. The van der Waals surface area contributed by atoms with Gasteiger partial charge in [0.25, 0.3) is 5.56 Å². The van der Waals surface area contributed by atoms with Crippen molar-refractivity contribution < 1.29 is 32.8 Å². The zero-order valence-corrected chi connectivity index (χ0v) is 21.8. The minimum absolute atomic E-state index is 0.00506. The van der Waals surface area contributed by atoms with Gasteiger partial charge in [-0.2, -0.15) is 18.1 Å². The molecule has 2 N–H and O–H groups in total. The highest BCUT2D eigenvalue weighted by molar-refractivity contribution is 7.89. The van der Waals surface area contributed by atoms with Gasteiger partial charge in [-0.05, 0) is 69.4 Å². The van der Waals surface area contributed by atoms with Gasteiger partial charge in [0.1, 0.15) is 11.5 Å². The molecule has 1 aromatic carbocycles. The third kappa shape index (κ3) is 5.45. The van der Waals surface area contributed by atoms with Crippen molar-refractivity contribution in [3.8, 4) is 5.75 Å². The van der Waals surface area contributed by atoms with Crippen molar-refractivity contribution in [1.29, 1.82) is 0 Å². The summed E-state index contributed by atoms with van der Waals surface area (Å²) in [5.41, 5.74) is -2.15. The second-order valence-electron chi connectivity index (χ2n) is 10.0. The molecular weight excluding hydrogens is 539 g/mol. The van der Waals surface area contributed by atoms with Crippen LogP contribution < -0.4 is 15.6 Å². The number of nitrogens with one attached hydrogen (secondary N) is 1. The maximum atomic E-state index is 13.3. The van der Waals surface area contributed by atoms with Crippen molar-refractivity contribution >= 4 is 27.0 Å². The molecule has 1 saturated carbocycles. The van der Waals surface area contributed by atoms with Gasteiger partial charge in [0.2, 0.25) is 16.0 Å². The molecule has 14 heteroatoms. The second-order valence-corrected chi connectivity index (χ2v) is 12.0. The number of piperidine rings is 1. The van der Waals surface area contributed by atoms with Crippen LogP contribution in [0.5, 0.6) is 5.75 Å². The molecule has 1 aliphatic carbocycles. The zero-order valence-electron chi connectivity index (χ0n) is 22.0. The summed E-state index contributed by atoms with van der Waals surface area (Å²) >= 11 is 0. The van der Waals surface area contributed by atoms with Gasteiger partial charge in [-0.3, -0.25) is 9.36 Å². The van der Waals surface area contributed by atoms with Gasteiger partial charge in [0, 0.05) is 30.7 Å². The number of alkyl halides is 2. The molecule has 2 fully saturated rings. The molecule has 0 spiro atoms. The molecule has 0 amide bonds. The van der Waals surface area contributed by atoms with Gasteiger partial charge < -0.3 is 15.2 Å².